The number of pyridine rings is 1. The molecule has 0 saturated carbocycles. The molecule has 8 rings (SSSR count). The van der Waals surface area contributed by atoms with Gasteiger partial charge in [-0.15, -0.1) is 18.3 Å². The fourth-order valence-electron chi connectivity index (χ4n) is 8.18. The van der Waals surface area contributed by atoms with E-state index in [0.717, 1.165) is 69.4 Å². The molecule has 4 N–H and O–H groups in total. The Morgan fingerprint density at radius 1 is 1.02 bits per heavy atom. The van der Waals surface area contributed by atoms with E-state index >= 15 is 4.39 Å². The van der Waals surface area contributed by atoms with Crippen LogP contribution in [0, 0.1) is 5.82 Å². The molecule has 5 aromatic rings. The number of allylic oxidation sites excluding steroid dienone is 1. The topological polar surface area (TPSA) is 166 Å². The van der Waals surface area contributed by atoms with Crippen molar-refractivity contribution in [2.24, 2.45) is 0 Å². The van der Waals surface area contributed by atoms with E-state index < -0.39 is 11.6 Å². The SMILES string of the molecule is C=CCn1c(=O)c2cnc(Nc3ccc(N4CCN(CSC5(CC)CCN(c6ccc(NC7CCC(=O)NC7=O)cc6F)C5)CC4)cc3)nc2n1-c1cccc(C(C)(C)O)n1. The van der Waals surface area contributed by atoms with Crippen molar-refractivity contribution < 1.29 is 19.1 Å². The van der Waals surface area contributed by atoms with Crippen LogP contribution in [0.4, 0.5) is 33.1 Å². The number of anilines is 5. The summed E-state index contributed by atoms with van der Waals surface area (Å²) in [6.07, 6.45) is 5.76. The molecule has 0 radical (unpaired) electrons. The van der Waals surface area contributed by atoms with Crippen molar-refractivity contribution in [3.05, 3.63) is 101 Å². The molecule has 61 heavy (non-hydrogen) atoms. The Morgan fingerprint density at radius 3 is 2.49 bits per heavy atom. The largest absolute Gasteiger partial charge is 0.384 e. The molecule has 320 valence electrons. The summed E-state index contributed by atoms with van der Waals surface area (Å²) in [5.41, 5.74) is 2.42. The quantitative estimate of drug-likeness (QED) is 0.0835. The lowest BCUT2D eigenvalue weighted by molar-refractivity contribution is -0.133. The molecule has 3 aliphatic heterocycles. The van der Waals surface area contributed by atoms with Gasteiger partial charge in [-0.3, -0.25) is 24.6 Å². The molecule has 3 fully saturated rings. The van der Waals surface area contributed by atoms with Crippen LogP contribution in [-0.4, -0.2) is 102 Å². The summed E-state index contributed by atoms with van der Waals surface area (Å²) in [5, 5.41) is 19.7. The molecule has 0 aliphatic carbocycles. The summed E-state index contributed by atoms with van der Waals surface area (Å²) in [6, 6.07) is 17.9. The molecule has 15 nitrogen and oxygen atoms in total. The number of piperidine rings is 1. The van der Waals surface area contributed by atoms with Gasteiger partial charge in [0.05, 0.1) is 17.9 Å². The standard InChI is InChI=1S/C44H52FN11O4S/c1-5-19-55-41(59)32-26-46-42(51-39(32)56(55)37-9-7-8-36(49-37)43(3,4)60)48-29-10-13-31(14-11-29)53-23-21-52(22-24-53)28-61-44(6-2)18-20-54(27-44)35-16-12-30(25-33(35)45)47-34-15-17-38(57)50-40(34)58/h5,7-14,16,25-26,34,47,60H,1,6,15,17-24,27-28H2,2-4H3,(H,46,48,51)(H,50,57,58). The predicted molar refractivity (Wildman–Crippen MR) is 238 cm³/mol. The number of aliphatic hydroxyl groups is 1. The Labute approximate surface area is 358 Å². The van der Waals surface area contributed by atoms with Crippen LogP contribution in [0.5, 0.6) is 0 Å². The van der Waals surface area contributed by atoms with Gasteiger partial charge < -0.3 is 25.5 Å². The number of aromatic nitrogens is 5. The zero-order chi connectivity index (χ0) is 42.9. The van der Waals surface area contributed by atoms with E-state index in [9.17, 15) is 19.5 Å². The van der Waals surface area contributed by atoms with Gasteiger partial charge in [0.1, 0.15) is 22.8 Å². The van der Waals surface area contributed by atoms with Crippen LogP contribution in [0.25, 0.3) is 16.9 Å². The Kier molecular flexibility index (Phi) is 11.9. The first-order valence-corrected chi connectivity index (χ1v) is 21.7. The highest BCUT2D eigenvalue weighted by molar-refractivity contribution is 8.00. The maximum atomic E-state index is 15.4. The lowest BCUT2D eigenvalue weighted by Gasteiger charge is -2.38. The van der Waals surface area contributed by atoms with Crippen LogP contribution in [0.3, 0.4) is 0 Å². The Bertz CT molecular complexity index is 2500. The third-order valence-corrected chi connectivity index (χ3v) is 13.5. The van der Waals surface area contributed by atoms with Gasteiger partial charge in [-0.05, 0) is 87.7 Å². The molecule has 2 amide bonds. The van der Waals surface area contributed by atoms with Gasteiger partial charge >= 0.3 is 0 Å². The molecule has 2 unspecified atom stereocenters. The number of nitrogens with one attached hydrogen (secondary N) is 3. The molecular weight excluding hydrogens is 798 g/mol. The summed E-state index contributed by atoms with van der Waals surface area (Å²) in [4.78, 5) is 58.0. The first kappa shape index (κ1) is 41.9. The zero-order valence-electron chi connectivity index (χ0n) is 34.7. The van der Waals surface area contributed by atoms with Gasteiger partial charge in [0.25, 0.3) is 5.56 Å². The van der Waals surface area contributed by atoms with Gasteiger partial charge in [0.15, 0.2) is 11.5 Å². The average molecular weight is 850 g/mol. The van der Waals surface area contributed by atoms with Gasteiger partial charge in [-0.2, -0.15) is 4.98 Å². The number of rotatable bonds is 14. The van der Waals surface area contributed by atoms with Crippen LogP contribution in [0.1, 0.15) is 52.1 Å². The second-order valence-corrected chi connectivity index (χ2v) is 17.8. The number of fused-ring (bicyclic) bond motifs is 1. The number of carbonyl (C=O) groups excluding carboxylic acids is 2. The van der Waals surface area contributed by atoms with Crippen LogP contribution >= 0.6 is 11.8 Å². The van der Waals surface area contributed by atoms with Crippen LogP contribution in [0.2, 0.25) is 0 Å². The number of benzene rings is 2. The highest BCUT2D eigenvalue weighted by Crippen LogP contribution is 2.41. The van der Waals surface area contributed by atoms with E-state index in [4.69, 9.17) is 4.98 Å². The third-order valence-electron chi connectivity index (χ3n) is 11.8. The number of piperazine rings is 1. The number of hydrogen-bond acceptors (Lipinski definition) is 13. The van der Waals surface area contributed by atoms with Crippen molar-refractivity contribution in [2.45, 2.75) is 69.4 Å². The van der Waals surface area contributed by atoms with E-state index in [-0.39, 0.29) is 40.9 Å². The van der Waals surface area contributed by atoms with Crippen molar-refractivity contribution in [2.75, 3.05) is 65.6 Å². The first-order valence-electron chi connectivity index (χ1n) is 20.8. The fourth-order valence-corrected chi connectivity index (χ4v) is 9.58. The van der Waals surface area contributed by atoms with Crippen molar-refractivity contribution in [1.29, 1.82) is 0 Å². The minimum Gasteiger partial charge on any atom is -0.384 e. The second-order valence-electron chi connectivity index (χ2n) is 16.4. The Hall–Kier alpha value is -5.78. The molecule has 17 heteroatoms. The first-order chi connectivity index (χ1) is 29.3. The van der Waals surface area contributed by atoms with E-state index in [0.29, 0.717) is 46.3 Å². The van der Waals surface area contributed by atoms with Gasteiger partial charge in [-0.25, -0.2) is 23.7 Å². The summed E-state index contributed by atoms with van der Waals surface area (Å²) >= 11 is 1.98. The van der Waals surface area contributed by atoms with E-state index in [1.807, 2.05) is 30.0 Å². The number of carbonyl (C=O) groups is 2. The zero-order valence-corrected chi connectivity index (χ0v) is 35.6. The second kappa shape index (κ2) is 17.3. The monoisotopic (exact) mass is 849 g/mol. The minimum absolute atomic E-state index is 0.0243. The van der Waals surface area contributed by atoms with E-state index in [1.54, 1.807) is 48.9 Å². The molecule has 0 bridgehead atoms. The van der Waals surface area contributed by atoms with Crippen molar-refractivity contribution in [3.63, 3.8) is 0 Å². The fraction of sp³-hybridized carbons (Fsp3) is 0.409. The Balaban J connectivity index is 0.856. The molecule has 2 aromatic carbocycles. The van der Waals surface area contributed by atoms with Crippen LogP contribution < -0.4 is 31.3 Å². The number of hydrogen-bond donors (Lipinski definition) is 4. The molecule has 3 aromatic heterocycles. The minimum atomic E-state index is -1.18. The molecule has 3 saturated heterocycles. The maximum absolute atomic E-state index is 15.4. The lowest BCUT2D eigenvalue weighted by atomic mass is 10.1. The predicted octanol–water partition coefficient (Wildman–Crippen LogP) is 5.36. The third kappa shape index (κ3) is 8.99. The molecule has 6 heterocycles. The molecule has 3 aliphatic rings. The van der Waals surface area contributed by atoms with Gasteiger partial charge in [0.2, 0.25) is 17.8 Å². The summed E-state index contributed by atoms with van der Waals surface area (Å²) in [5.74, 6) is 0.690. The van der Waals surface area contributed by atoms with Gasteiger partial charge in [-0.1, -0.05) is 19.1 Å². The Morgan fingerprint density at radius 2 is 1.79 bits per heavy atom. The number of imide groups is 1. The maximum Gasteiger partial charge on any atom is 0.278 e. The van der Waals surface area contributed by atoms with Crippen LogP contribution in [-0.2, 0) is 21.7 Å². The van der Waals surface area contributed by atoms with Crippen molar-refractivity contribution in [1.82, 2.24) is 34.5 Å². The number of amides is 2. The molecule has 2 atom stereocenters. The average Bonchev–Trinajstić information content (AvgIpc) is 3.80. The highest BCUT2D eigenvalue weighted by atomic mass is 32.2. The highest BCUT2D eigenvalue weighted by Gasteiger charge is 2.39. The molecule has 0 spiro atoms. The summed E-state index contributed by atoms with van der Waals surface area (Å²) in [6.45, 7) is 14.8. The number of halogens is 1. The lowest BCUT2D eigenvalue weighted by Crippen LogP contribution is -2.47. The number of nitrogens with zero attached hydrogens (tertiary/aromatic N) is 8. The smallest absolute Gasteiger partial charge is 0.278 e. The van der Waals surface area contributed by atoms with Crippen LogP contribution in [0.15, 0.2) is 84.3 Å². The normalized spacial score (nSPS) is 20.0. The van der Waals surface area contributed by atoms with E-state index in [2.05, 4.69) is 66.3 Å². The molecular formula is C44H52FN11O4S. The summed E-state index contributed by atoms with van der Waals surface area (Å²) in [7, 11) is 0. The van der Waals surface area contributed by atoms with E-state index in [1.165, 1.54) is 16.9 Å². The van der Waals surface area contributed by atoms with Crippen molar-refractivity contribution in [3.8, 4) is 5.82 Å². The van der Waals surface area contributed by atoms with Gasteiger partial charge in [0, 0.05) is 79.6 Å². The number of thioether (sulfide) groups is 1. The van der Waals surface area contributed by atoms with Crippen molar-refractivity contribution >= 4 is 63.3 Å². The summed E-state index contributed by atoms with van der Waals surface area (Å²) < 4.78 is 18.6.